The number of rotatable bonds is 7. The number of benzene rings is 2. The Morgan fingerprint density at radius 3 is 2.33 bits per heavy atom. The Kier molecular flexibility index (Phi) is 5.23. The van der Waals surface area contributed by atoms with E-state index in [1.54, 1.807) is 7.11 Å². The number of methoxy groups -OCH3 is 1. The third-order valence-electron chi connectivity index (χ3n) is 3.96. The van der Waals surface area contributed by atoms with Crippen LogP contribution in [0.4, 0.5) is 5.69 Å². The highest BCUT2D eigenvalue weighted by Gasteiger charge is 2.27. The zero-order valence-corrected chi connectivity index (χ0v) is 12.8. The van der Waals surface area contributed by atoms with Crippen LogP contribution in [0.2, 0.25) is 0 Å². The molecule has 1 unspecified atom stereocenters. The number of hydrogen-bond donors (Lipinski definition) is 2. The average Bonchev–Trinajstić information content (AvgIpc) is 2.55. The van der Waals surface area contributed by atoms with E-state index in [9.17, 15) is 0 Å². The van der Waals surface area contributed by atoms with Gasteiger partial charge in [0.15, 0.2) is 0 Å². The van der Waals surface area contributed by atoms with Crippen LogP contribution in [0.3, 0.4) is 0 Å². The molecule has 0 heterocycles. The Morgan fingerprint density at radius 1 is 1.05 bits per heavy atom. The van der Waals surface area contributed by atoms with Crippen molar-refractivity contribution in [3.8, 4) is 5.75 Å². The molecule has 0 aliphatic heterocycles. The molecular weight excluding hydrogens is 260 g/mol. The maximum Gasteiger partial charge on any atom is 0.141 e. The molecule has 2 aromatic carbocycles. The first-order valence-electron chi connectivity index (χ1n) is 7.38. The Bertz CT molecular complexity index is 550. The van der Waals surface area contributed by atoms with Crippen molar-refractivity contribution >= 4 is 5.69 Å². The number of ether oxygens (including phenoxy) is 1. The van der Waals surface area contributed by atoms with Crippen LogP contribution in [0, 0.1) is 0 Å². The number of nitrogens with two attached hydrogens (primary N) is 1. The van der Waals surface area contributed by atoms with Crippen LogP contribution in [0.25, 0.3) is 0 Å². The summed E-state index contributed by atoms with van der Waals surface area (Å²) in [6, 6.07) is 18.4. The van der Waals surface area contributed by atoms with Crippen LogP contribution in [0.15, 0.2) is 54.6 Å². The van der Waals surface area contributed by atoms with E-state index in [1.165, 1.54) is 5.56 Å². The molecule has 3 heteroatoms. The first kappa shape index (κ1) is 15.4. The van der Waals surface area contributed by atoms with E-state index in [2.05, 4.69) is 36.5 Å². The van der Waals surface area contributed by atoms with Gasteiger partial charge in [0.2, 0.25) is 0 Å². The third kappa shape index (κ3) is 3.76. The van der Waals surface area contributed by atoms with Crippen molar-refractivity contribution in [2.75, 3.05) is 19.0 Å². The van der Waals surface area contributed by atoms with Gasteiger partial charge in [0.1, 0.15) is 5.75 Å². The van der Waals surface area contributed by atoms with Gasteiger partial charge in [-0.1, -0.05) is 49.4 Å². The zero-order chi connectivity index (χ0) is 15.1. The standard InChI is InChI=1S/C18H24N2O/c1-3-18(14-19,13-15-9-5-4-6-10-15)20-16-11-7-8-12-17(16)21-2/h4-12,20H,3,13-14,19H2,1-2H3. The Hall–Kier alpha value is -2.00. The van der Waals surface area contributed by atoms with Crippen molar-refractivity contribution < 1.29 is 4.74 Å². The van der Waals surface area contributed by atoms with Gasteiger partial charge in [0, 0.05) is 6.54 Å². The molecule has 21 heavy (non-hydrogen) atoms. The fraction of sp³-hybridized carbons (Fsp3) is 0.333. The van der Waals surface area contributed by atoms with Crippen molar-refractivity contribution in [3.63, 3.8) is 0 Å². The van der Waals surface area contributed by atoms with Gasteiger partial charge in [-0.3, -0.25) is 0 Å². The predicted molar refractivity (Wildman–Crippen MR) is 88.8 cm³/mol. The monoisotopic (exact) mass is 284 g/mol. The second-order valence-electron chi connectivity index (χ2n) is 5.33. The molecule has 112 valence electrons. The van der Waals surface area contributed by atoms with E-state index in [0.29, 0.717) is 6.54 Å². The van der Waals surface area contributed by atoms with E-state index in [0.717, 1.165) is 24.3 Å². The van der Waals surface area contributed by atoms with Gasteiger partial charge in [-0.25, -0.2) is 0 Å². The summed E-state index contributed by atoms with van der Waals surface area (Å²) in [6.45, 7) is 2.73. The minimum atomic E-state index is -0.171. The summed E-state index contributed by atoms with van der Waals surface area (Å²) in [5.74, 6) is 0.844. The lowest BCUT2D eigenvalue weighted by molar-refractivity contribution is 0.409. The minimum absolute atomic E-state index is 0.171. The molecular formula is C18H24N2O. The first-order valence-corrected chi connectivity index (χ1v) is 7.38. The fourth-order valence-electron chi connectivity index (χ4n) is 2.55. The molecule has 3 N–H and O–H groups in total. The number of para-hydroxylation sites is 2. The smallest absolute Gasteiger partial charge is 0.141 e. The van der Waals surface area contributed by atoms with Crippen molar-refractivity contribution in [1.29, 1.82) is 0 Å². The zero-order valence-electron chi connectivity index (χ0n) is 12.8. The highest BCUT2D eigenvalue weighted by molar-refractivity contribution is 5.58. The molecule has 0 aliphatic rings. The Balaban J connectivity index is 2.25. The van der Waals surface area contributed by atoms with Crippen LogP contribution in [-0.4, -0.2) is 19.2 Å². The van der Waals surface area contributed by atoms with Crippen molar-refractivity contribution in [2.24, 2.45) is 5.73 Å². The van der Waals surface area contributed by atoms with E-state index >= 15 is 0 Å². The van der Waals surface area contributed by atoms with Crippen LogP contribution in [0.1, 0.15) is 18.9 Å². The molecule has 3 nitrogen and oxygen atoms in total. The normalized spacial score (nSPS) is 13.5. The van der Waals surface area contributed by atoms with Gasteiger partial charge in [0.05, 0.1) is 18.3 Å². The van der Waals surface area contributed by atoms with Crippen molar-refractivity contribution in [1.82, 2.24) is 0 Å². The second-order valence-corrected chi connectivity index (χ2v) is 5.33. The molecule has 0 amide bonds. The lowest BCUT2D eigenvalue weighted by Crippen LogP contribution is -2.47. The van der Waals surface area contributed by atoms with Gasteiger partial charge in [-0.05, 0) is 30.5 Å². The van der Waals surface area contributed by atoms with Crippen molar-refractivity contribution in [2.45, 2.75) is 25.3 Å². The predicted octanol–water partition coefficient (Wildman–Crippen LogP) is 3.46. The summed E-state index contributed by atoms with van der Waals surface area (Å²) in [6.07, 6.45) is 1.83. The second kappa shape index (κ2) is 7.14. The summed E-state index contributed by atoms with van der Waals surface area (Å²) in [4.78, 5) is 0. The van der Waals surface area contributed by atoms with E-state index in [-0.39, 0.29) is 5.54 Å². The summed E-state index contributed by atoms with van der Waals surface area (Å²) >= 11 is 0. The van der Waals surface area contributed by atoms with Crippen molar-refractivity contribution in [3.05, 3.63) is 60.2 Å². The number of anilines is 1. The van der Waals surface area contributed by atoms with E-state index < -0.39 is 0 Å². The molecule has 0 aromatic heterocycles. The molecule has 0 saturated carbocycles. The van der Waals surface area contributed by atoms with E-state index in [4.69, 9.17) is 10.5 Å². The molecule has 0 spiro atoms. The van der Waals surface area contributed by atoms with Crippen LogP contribution >= 0.6 is 0 Å². The van der Waals surface area contributed by atoms with Gasteiger partial charge in [-0.15, -0.1) is 0 Å². The first-order chi connectivity index (χ1) is 10.2. The molecule has 1 atom stereocenters. The van der Waals surface area contributed by atoms with Crippen LogP contribution in [-0.2, 0) is 6.42 Å². The Morgan fingerprint density at radius 2 is 1.71 bits per heavy atom. The third-order valence-corrected chi connectivity index (χ3v) is 3.96. The quantitative estimate of drug-likeness (QED) is 0.818. The highest BCUT2D eigenvalue weighted by Crippen LogP contribution is 2.29. The lowest BCUT2D eigenvalue weighted by Gasteiger charge is -2.34. The topological polar surface area (TPSA) is 47.3 Å². The number of nitrogens with one attached hydrogen (secondary N) is 1. The SMILES string of the molecule is CCC(CN)(Cc1ccccc1)Nc1ccccc1OC. The summed E-state index contributed by atoms with van der Waals surface area (Å²) in [5.41, 5.74) is 8.21. The lowest BCUT2D eigenvalue weighted by atomic mass is 9.87. The molecule has 0 saturated heterocycles. The molecule has 0 fully saturated rings. The maximum absolute atomic E-state index is 6.10. The summed E-state index contributed by atoms with van der Waals surface area (Å²) in [5, 5.41) is 3.61. The fourth-order valence-corrected chi connectivity index (χ4v) is 2.55. The van der Waals surface area contributed by atoms with Crippen LogP contribution < -0.4 is 15.8 Å². The molecule has 0 aliphatic carbocycles. The van der Waals surface area contributed by atoms with Gasteiger partial charge in [0.25, 0.3) is 0 Å². The molecule has 0 bridgehead atoms. The van der Waals surface area contributed by atoms with Crippen LogP contribution in [0.5, 0.6) is 5.75 Å². The Labute approximate surface area is 127 Å². The largest absolute Gasteiger partial charge is 0.495 e. The van der Waals surface area contributed by atoms with Gasteiger partial charge in [-0.2, -0.15) is 0 Å². The molecule has 0 radical (unpaired) electrons. The minimum Gasteiger partial charge on any atom is -0.495 e. The van der Waals surface area contributed by atoms with Gasteiger partial charge < -0.3 is 15.8 Å². The summed E-state index contributed by atoms with van der Waals surface area (Å²) < 4.78 is 5.43. The number of hydrogen-bond acceptors (Lipinski definition) is 3. The van der Waals surface area contributed by atoms with Gasteiger partial charge >= 0.3 is 0 Å². The van der Waals surface area contributed by atoms with E-state index in [1.807, 2.05) is 30.3 Å². The maximum atomic E-state index is 6.10. The highest BCUT2D eigenvalue weighted by atomic mass is 16.5. The summed E-state index contributed by atoms with van der Waals surface area (Å²) in [7, 11) is 1.69. The molecule has 2 rings (SSSR count). The molecule has 2 aromatic rings. The average molecular weight is 284 g/mol.